The number of rotatable bonds is 5. The van der Waals surface area contributed by atoms with Crippen LogP contribution in [0.1, 0.15) is 38.5 Å². The number of nitrogens with two attached hydrogens (primary N) is 1. The third kappa shape index (κ3) is 4.69. The Morgan fingerprint density at radius 3 is 2.38 bits per heavy atom. The monoisotopic (exact) mass is 511 g/mol. The smallest absolute Gasteiger partial charge is 0.249 e. The van der Waals surface area contributed by atoms with Gasteiger partial charge >= 0.3 is 0 Å². The van der Waals surface area contributed by atoms with Gasteiger partial charge in [-0.15, -0.1) is 0 Å². The first-order valence-corrected chi connectivity index (χ1v) is 14.0. The number of hydrogen-bond donors (Lipinski definition) is 3. The average Bonchev–Trinajstić information content (AvgIpc) is 3.13. The Balaban J connectivity index is 1.07. The molecule has 10 nitrogen and oxygen atoms in total. The number of fused-ring (bicyclic) bond motifs is 1. The Bertz CT molecular complexity index is 1020. The van der Waals surface area contributed by atoms with Crippen molar-refractivity contribution in [1.82, 2.24) is 15.1 Å². The number of piperazine rings is 1. The van der Waals surface area contributed by atoms with Crippen LogP contribution in [0.4, 0.5) is 17.1 Å². The predicted octanol–water partition coefficient (Wildman–Crippen LogP) is 0.348. The molecule has 37 heavy (non-hydrogen) atoms. The standard InChI is InChI=1S/C27H41N7O3/c1-30-25-21(3-2-4-22(25)34(27(30)37)23-5-6-24(35)29-26(23)36)33-9-7-18(8-10-33)17-31-11-13-32(14-12-31)20-15-19(28)16-20/h2-4,18-20,23,27,37H,5-17,28H2,1H3,(H,29,35,36). The van der Waals surface area contributed by atoms with E-state index in [9.17, 15) is 14.7 Å². The van der Waals surface area contributed by atoms with E-state index in [2.05, 4.69) is 26.1 Å². The summed E-state index contributed by atoms with van der Waals surface area (Å²) >= 11 is 0. The summed E-state index contributed by atoms with van der Waals surface area (Å²) < 4.78 is 0. The van der Waals surface area contributed by atoms with Crippen LogP contribution in [0, 0.1) is 5.92 Å². The van der Waals surface area contributed by atoms with Crippen molar-refractivity contribution in [2.24, 2.45) is 11.7 Å². The molecule has 2 unspecified atom stereocenters. The van der Waals surface area contributed by atoms with E-state index < -0.39 is 12.4 Å². The summed E-state index contributed by atoms with van der Waals surface area (Å²) in [7, 11) is 1.88. The van der Waals surface area contributed by atoms with Gasteiger partial charge in [0, 0.05) is 71.4 Å². The number of carbonyl (C=O) groups is 2. The number of hydrogen-bond acceptors (Lipinski definition) is 9. The van der Waals surface area contributed by atoms with Gasteiger partial charge in [0.15, 0.2) is 0 Å². The number of amides is 2. The van der Waals surface area contributed by atoms with E-state index >= 15 is 0 Å². The minimum Gasteiger partial charge on any atom is -0.370 e. The molecule has 4 N–H and O–H groups in total. The topological polar surface area (TPSA) is 109 Å². The fraction of sp³-hybridized carbons (Fsp3) is 0.704. The third-order valence-electron chi connectivity index (χ3n) is 9.31. The Labute approximate surface area is 219 Å². The number of imide groups is 1. The molecule has 2 atom stereocenters. The second kappa shape index (κ2) is 10.1. The van der Waals surface area contributed by atoms with Gasteiger partial charge in [-0.1, -0.05) is 6.07 Å². The maximum Gasteiger partial charge on any atom is 0.249 e. The zero-order valence-corrected chi connectivity index (χ0v) is 21.9. The Kier molecular flexibility index (Phi) is 6.77. The summed E-state index contributed by atoms with van der Waals surface area (Å²) in [5, 5.41) is 13.5. The van der Waals surface area contributed by atoms with Gasteiger partial charge in [0.05, 0.1) is 17.1 Å². The first-order valence-electron chi connectivity index (χ1n) is 14.0. The van der Waals surface area contributed by atoms with Crippen LogP contribution in [0.25, 0.3) is 0 Å². The Morgan fingerprint density at radius 2 is 1.70 bits per heavy atom. The van der Waals surface area contributed by atoms with Crippen molar-refractivity contribution in [3.8, 4) is 0 Å². The van der Waals surface area contributed by atoms with E-state index in [1.54, 1.807) is 4.90 Å². The van der Waals surface area contributed by atoms with Crippen LogP contribution in [0.2, 0.25) is 0 Å². The van der Waals surface area contributed by atoms with Gasteiger partial charge in [0.25, 0.3) is 0 Å². The number of benzene rings is 1. The number of para-hydroxylation sites is 1. The lowest BCUT2D eigenvalue weighted by atomic mass is 9.86. The lowest BCUT2D eigenvalue weighted by Gasteiger charge is -2.46. The first-order chi connectivity index (χ1) is 17.9. The van der Waals surface area contributed by atoms with Gasteiger partial charge in [-0.25, -0.2) is 0 Å². The molecule has 1 aromatic rings. The maximum absolute atomic E-state index is 12.6. The second-order valence-electron chi connectivity index (χ2n) is 11.6. The molecular formula is C27H41N7O3. The first kappa shape index (κ1) is 24.9. The molecule has 6 rings (SSSR count). The van der Waals surface area contributed by atoms with Crippen LogP contribution >= 0.6 is 0 Å². The zero-order chi connectivity index (χ0) is 25.7. The lowest BCUT2D eigenvalue weighted by Crippen LogP contribution is -2.57. The molecule has 1 aromatic carbocycles. The molecule has 0 spiro atoms. The van der Waals surface area contributed by atoms with Crippen LogP contribution in [0.15, 0.2) is 18.2 Å². The van der Waals surface area contributed by atoms with Crippen LogP contribution in [0.5, 0.6) is 0 Å². The second-order valence-corrected chi connectivity index (χ2v) is 11.6. The molecule has 5 aliphatic rings. The minimum absolute atomic E-state index is 0.245. The fourth-order valence-electron chi connectivity index (χ4n) is 7.01. The van der Waals surface area contributed by atoms with Gasteiger partial charge in [-0.3, -0.25) is 19.8 Å². The van der Waals surface area contributed by atoms with E-state index in [0.29, 0.717) is 18.4 Å². The van der Waals surface area contributed by atoms with E-state index in [4.69, 9.17) is 5.73 Å². The number of nitrogens with zero attached hydrogens (tertiary/aromatic N) is 5. The summed E-state index contributed by atoms with van der Waals surface area (Å²) in [6.45, 7) is 7.83. The minimum atomic E-state index is -0.938. The summed E-state index contributed by atoms with van der Waals surface area (Å²) in [4.78, 5) is 35.6. The molecule has 2 amide bonds. The Hall–Kier alpha value is -2.40. The van der Waals surface area contributed by atoms with Crippen molar-refractivity contribution >= 4 is 28.9 Å². The summed E-state index contributed by atoms with van der Waals surface area (Å²) in [5.41, 5.74) is 8.92. The largest absolute Gasteiger partial charge is 0.370 e. The highest BCUT2D eigenvalue weighted by Gasteiger charge is 2.43. The van der Waals surface area contributed by atoms with Crippen LogP contribution < -0.4 is 25.8 Å². The fourth-order valence-corrected chi connectivity index (χ4v) is 7.01. The van der Waals surface area contributed by atoms with Crippen molar-refractivity contribution < 1.29 is 14.7 Å². The summed E-state index contributed by atoms with van der Waals surface area (Å²) in [5.74, 6) is 0.130. The molecule has 202 valence electrons. The lowest BCUT2D eigenvalue weighted by molar-refractivity contribution is -0.134. The van der Waals surface area contributed by atoms with Crippen molar-refractivity contribution in [3.63, 3.8) is 0 Å². The molecule has 10 heteroatoms. The van der Waals surface area contributed by atoms with E-state index in [1.165, 1.54) is 32.5 Å². The third-order valence-corrected chi connectivity index (χ3v) is 9.31. The van der Waals surface area contributed by atoms with Gasteiger partial charge in [-0.2, -0.15) is 0 Å². The zero-order valence-electron chi connectivity index (χ0n) is 21.9. The van der Waals surface area contributed by atoms with Gasteiger partial charge in [-0.05, 0) is 50.2 Å². The number of piperidine rings is 2. The van der Waals surface area contributed by atoms with Crippen molar-refractivity contribution in [3.05, 3.63) is 18.2 Å². The van der Waals surface area contributed by atoms with Gasteiger partial charge in [0.1, 0.15) is 6.04 Å². The molecule has 4 heterocycles. The Morgan fingerprint density at radius 1 is 1.00 bits per heavy atom. The molecule has 3 saturated heterocycles. The highest BCUT2D eigenvalue weighted by molar-refractivity contribution is 6.03. The number of nitrogens with one attached hydrogen (secondary N) is 1. The number of carbonyl (C=O) groups excluding carboxylic acids is 2. The predicted molar refractivity (Wildman–Crippen MR) is 143 cm³/mol. The number of aliphatic hydroxyl groups excluding tert-OH is 1. The maximum atomic E-state index is 12.6. The molecule has 4 fully saturated rings. The highest BCUT2D eigenvalue weighted by atomic mass is 16.3. The number of aliphatic hydroxyl groups is 1. The summed E-state index contributed by atoms with van der Waals surface area (Å²) in [6, 6.07) is 6.69. The quantitative estimate of drug-likeness (QED) is 0.483. The highest BCUT2D eigenvalue weighted by Crippen LogP contribution is 2.47. The molecule has 0 radical (unpaired) electrons. The van der Waals surface area contributed by atoms with Crippen molar-refractivity contribution in [2.75, 3.05) is 67.6 Å². The van der Waals surface area contributed by atoms with Gasteiger partial charge in [0.2, 0.25) is 18.2 Å². The molecule has 0 aromatic heterocycles. The summed E-state index contributed by atoms with van der Waals surface area (Å²) in [6.07, 6.45) is 4.41. The average molecular weight is 512 g/mol. The van der Waals surface area contributed by atoms with E-state index in [-0.39, 0.29) is 18.2 Å². The van der Waals surface area contributed by atoms with Crippen LogP contribution in [-0.2, 0) is 9.59 Å². The van der Waals surface area contributed by atoms with Crippen LogP contribution in [0.3, 0.4) is 0 Å². The van der Waals surface area contributed by atoms with Crippen molar-refractivity contribution in [1.29, 1.82) is 0 Å². The van der Waals surface area contributed by atoms with E-state index in [1.807, 2.05) is 24.1 Å². The van der Waals surface area contributed by atoms with E-state index in [0.717, 1.165) is 62.1 Å². The molecule has 1 saturated carbocycles. The van der Waals surface area contributed by atoms with Crippen LogP contribution in [-0.4, -0.2) is 104 Å². The SMILES string of the molecule is CN1c2c(N3CCC(CN4CCN(C5CC(N)C5)CC4)CC3)cccc2N(C2CCC(=O)NC2=O)C1O. The normalized spacial score (nSPS) is 31.9. The van der Waals surface area contributed by atoms with Crippen molar-refractivity contribution in [2.45, 2.75) is 63.0 Å². The number of anilines is 3. The molecule has 0 bridgehead atoms. The molecule has 4 aliphatic heterocycles. The molecule has 1 aliphatic carbocycles. The molecular weight excluding hydrogens is 470 g/mol. The van der Waals surface area contributed by atoms with Gasteiger partial charge < -0.3 is 30.4 Å².